The van der Waals surface area contributed by atoms with Crippen LogP contribution in [0.15, 0.2) is 71.8 Å². The van der Waals surface area contributed by atoms with Crippen molar-refractivity contribution in [1.82, 2.24) is 19.6 Å². The van der Waals surface area contributed by atoms with Gasteiger partial charge < -0.3 is 5.32 Å². The molecule has 0 aliphatic carbocycles. The Morgan fingerprint density at radius 1 is 0.939 bits per heavy atom. The number of fused-ring (bicyclic) bond motifs is 3. The van der Waals surface area contributed by atoms with Crippen LogP contribution >= 0.6 is 11.8 Å². The zero-order valence-corrected chi connectivity index (χ0v) is 19.5. The Balaban J connectivity index is 1.49. The first-order valence-corrected chi connectivity index (χ1v) is 11.7. The molecule has 0 radical (unpaired) electrons. The van der Waals surface area contributed by atoms with Crippen molar-refractivity contribution in [3.8, 4) is 11.4 Å². The lowest BCUT2D eigenvalue weighted by atomic mass is 10.1. The van der Waals surface area contributed by atoms with Crippen LogP contribution in [0.2, 0.25) is 0 Å². The second-order valence-corrected chi connectivity index (χ2v) is 9.07. The first-order valence-electron chi connectivity index (χ1n) is 10.7. The Kier molecular flexibility index (Phi) is 5.56. The van der Waals surface area contributed by atoms with Gasteiger partial charge in [-0.3, -0.25) is 9.20 Å². The summed E-state index contributed by atoms with van der Waals surface area (Å²) in [6.07, 6.45) is 0. The highest BCUT2D eigenvalue weighted by atomic mass is 32.2. The molecule has 5 aromatic rings. The fourth-order valence-electron chi connectivity index (χ4n) is 3.82. The lowest BCUT2D eigenvalue weighted by Crippen LogP contribution is -2.15. The quantitative estimate of drug-likeness (QED) is 0.351. The summed E-state index contributed by atoms with van der Waals surface area (Å²) in [6, 6.07) is 22.1. The Hall–Kier alpha value is -3.71. The van der Waals surface area contributed by atoms with Crippen molar-refractivity contribution in [1.29, 1.82) is 0 Å². The van der Waals surface area contributed by atoms with Crippen LogP contribution < -0.4 is 5.32 Å². The number of carbonyl (C=O) groups is 1. The summed E-state index contributed by atoms with van der Waals surface area (Å²) < 4.78 is 2.03. The number of rotatable bonds is 5. The van der Waals surface area contributed by atoms with Crippen molar-refractivity contribution in [3.05, 3.63) is 83.4 Å². The molecule has 0 atom stereocenters. The predicted octanol–water partition coefficient (Wildman–Crippen LogP) is 5.60. The molecule has 2 heterocycles. The van der Waals surface area contributed by atoms with Gasteiger partial charge in [0.25, 0.3) is 0 Å². The van der Waals surface area contributed by atoms with Crippen molar-refractivity contribution in [2.24, 2.45) is 0 Å². The Labute approximate surface area is 196 Å². The van der Waals surface area contributed by atoms with Crippen molar-refractivity contribution in [2.75, 3.05) is 11.1 Å². The van der Waals surface area contributed by atoms with E-state index in [0.29, 0.717) is 10.7 Å². The molecule has 1 N–H and O–H groups in total. The number of hydrogen-bond acceptors (Lipinski definition) is 5. The number of aryl methyl sites for hydroxylation is 3. The van der Waals surface area contributed by atoms with E-state index in [9.17, 15) is 4.79 Å². The van der Waals surface area contributed by atoms with Crippen molar-refractivity contribution >= 4 is 40.0 Å². The van der Waals surface area contributed by atoms with E-state index in [-0.39, 0.29) is 11.7 Å². The van der Waals surface area contributed by atoms with Crippen molar-refractivity contribution in [2.45, 2.75) is 25.8 Å². The molecular formula is C26H23N5OS. The van der Waals surface area contributed by atoms with Gasteiger partial charge in [-0.2, -0.15) is 0 Å². The summed E-state index contributed by atoms with van der Waals surface area (Å²) >= 11 is 1.37. The number of thioether (sulfide) groups is 1. The first kappa shape index (κ1) is 21.2. The number of carbonyl (C=O) groups excluding carboxylic acids is 1. The molecule has 164 valence electrons. The average Bonchev–Trinajstić information content (AvgIpc) is 3.25. The van der Waals surface area contributed by atoms with E-state index in [0.717, 1.165) is 33.7 Å². The third-order valence-electron chi connectivity index (χ3n) is 5.50. The molecule has 1 amide bonds. The molecular weight excluding hydrogens is 430 g/mol. The van der Waals surface area contributed by atoms with Gasteiger partial charge in [0.2, 0.25) is 5.91 Å². The Bertz CT molecular complexity index is 1490. The van der Waals surface area contributed by atoms with Gasteiger partial charge in [0.15, 0.2) is 11.5 Å². The van der Waals surface area contributed by atoms with Gasteiger partial charge in [-0.1, -0.05) is 71.4 Å². The average molecular weight is 454 g/mol. The normalized spacial score (nSPS) is 11.2. The molecule has 6 nitrogen and oxygen atoms in total. The minimum atomic E-state index is -0.0849. The molecule has 0 aliphatic rings. The molecule has 0 saturated heterocycles. The number of anilines is 1. The monoisotopic (exact) mass is 453 g/mol. The lowest BCUT2D eigenvalue weighted by molar-refractivity contribution is -0.113. The number of para-hydroxylation sites is 2. The van der Waals surface area contributed by atoms with E-state index < -0.39 is 0 Å². The van der Waals surface area contributed by atoms with Crippen LogP contribution in [-0.4, -0.2) is 31.2 Å². The van der Waals surface area contributed by atoms with Gasteiger partial charge in [-0.15, -0.1) is 10.2 Å². The summed E-state index contributed by atoms with van der Waals surface area (Å²) in [6.45, 7) is 6.09. The van der Waals surface area contributed by atoms with Gasteiger partial charge in [0.1, 0.15) is 5.03 Å². The zero-order valence-electron chi connectivity index (χ0n) is 18.7. The van der Waals surface area contributed by atoms with Gasteiger partial charge in [0, 0.05) is 11.3 Å². The second kappa shape index (κ2) is 8.67. The van der Waals surface area contributed by atoms with Gasteiger partial charge >= 0.3 is 0 Å². The maximum Gasteiger partial charge on any atom is 0.234 e. The predicted molar refractivity (Wildman–Crippen MR) is 134 cm³/mol. The van der Waals surface area contributed by atoms with Crippen LogP contribution in [0.1, 0.15) is 16.7 Å². The number of amides is 1. The van der Waals surface area contributed by atoms with Gasteiger partial charge in [-0.05, 0) is 44.5 Å². The van der Waals surface area contributed by atoms with Gasteiger partial charge in [0.05, 0.1) is 16.8 Å². The number of nitrogens with zero attached hydrogens (tertiary/aromatic N) is 4. The molecule has 3 aromatic carbocycles. The van der Waals surface area contributed by atoms with E-state index >= 15 is 0 Å². The number of hydrogen-bond donors (Lipinski definition) is 1. The third-order valence-corrected chi connectivity index (χ3v) is 6.46. The smallest absolute Gasteiger partial charge is 0.234 e. The topological polar surface area (TPSA) is 72.2 Å². The van der Waals surface area contributed by atoms with Crippen LogP contribution in [0.4, 0.5) is 5.69 Å². The van der Waals surface area contributed by atoms with Crippen LogP contribution in [-0.2, 0) is 4.79 Å². The molecule has 0 spiro atoms. The molecule has 0 fully saturated rings. The van der Waals surface area contributed by atoms with E-state index in [4.69, 9.17) is 4.98 Å². The SMILES string of the molecule is Cc1ccc(-c2nnc3c(SCC(=O)Nc4ccc(C)cc4C)nc4ccccc4n23)cc1. The summed E-state index contributed by atoms with van der Waals surface area (Å²) in [5, 5.41) is 12.6. The van der Waals surface area contributed by atoms with Crippen LogP contribution in [0.5, 0.6) is 0 Å². The van der Waals surface area contributed by atoms with Crippen molar-refractivity contribution < 1.29 is 4.79 Å². The van der Waals surface area contributed by atoms with E-state index in [2.05, 4.69) is 40.6 Å². The highest BCUT2D eigenvalue weighted by Gasteiger charge is 2.17. The number of aromatic nitrogens is 4. The first-order chi connectivity index (χ1) is 16.0. The third kappa shape index (κ3) is 4.19. The molecule has 5 rings (SSSR count). The molecule has 2 aromatic heterocycles. The Morgan fingerprint density at radius 2 is 1.70 bits per heavy atom. The summed E-state index contributed by atoms with van der Waals surface area (Å²) in [4.78, 5) is 17.5. The zero-order chi connectivity index (χ0) is 22.9. The molecule has 0 saturated carbocycles. The van der Waals surface area contributed by atoms with Crippen LogP contribution in [0, 0.1) is 20.8 Å². The van der Waals surface area contributed by atoms with E-state index in [1.807, 2.05) is 66.8 Å². The highest BCUT2D eigenvalue weighted by Crippen LogP contribution is 2.29. The molecule has 0 aliphatic heterocycles. The fraction of sp³-hybridized carbons (Fsp3) is 0.154. The highest BCUT2D eigenvalue weighted by molar-refractivity contribution is 8.00. The summed E-state index contributed by atoms with van der Waals surface area (Å²) in [5.41, 5.74) is 7.60. The van der Waals surface area contributed by atoms with Crippen LogP contribution in [0.25, 0.3) is 28.1 Å². The molecule has 7 heteroatoms. The maximum absolute atomic E-state index is 12.7. The summed E-state index contributed by atoms with van der Waals surface area (Å²) in [7, 11) is 0. The molecule has 0 bridgehead atoms. The number of benzene rings is 3. The largest absolute Gasteiger partial charge is 0.325 e. The minimum Gasteiger partial charge on any atom is -0.325 e. The van der Waals surface area contributed by atoms with Gasteiger partial charge in [-0.25, -0.2) is 4.98 Å². The van der Waals surface area contributed by atoms with Crippen molar-refractivity contribution in [3.63, 3.8) is 0 Å². The second-order valence-electron chi connectivity index (χ2n) is 8.11. The number of nitrogens with one attached hydrogen (secondary N) is 1. The standard InChI is InChI=1S/C26H23N5OS/c1-16-8-11-19(12-9-16)24-29-30-25-26(28-21-6-4-5-7-22(21)31(24)25)33-15-23(32)27-20-13-10-17(2)14-18(20)3/h4-14H,15H2,1-3H3,(H,27,32). The maximum atomic E-state index is 12.7. The van der Waals surface area contributed by atoms with Crippen LogP contribution in [0.3, 0.4) is 0 Å². The lowest BCUT2D eigenvalue weighted by Gasteiger charge is -2.10. The molecule has 0 unspecified atom stereocenters. The summed E-state index contributed by atoms with van der Waals surface area (Å²) in [5.74, 6) is 0.893. The van der Waals surface area contributed by atoms with E-state index in [1.165, 1.54) is 22.9 Å². The van der Waals surface area contributed by atoms with E-state index in [1.54, 1.807) is 0 Å². The molecule has 33 heavy (non-hydrogen) atoms. The minimum absolute atomic E-state index is 0.0849. The fourth-order valence-corrected chi connectivity index (χ4v) is 4.58. The Morgan fingerprint density at radius 3 is 2.48 bits per heavy atom.